The molecular formula is C21H17F3N2O. The summed E-state index contributed by atoms with van der Waals surface area (Å²) in [4.78, 5) is 0. The number of ether oxygens (including phenoxy) is 1. The van der Waals surface area contributed by atoms with Crippen LogP contribution >= 0.6 is 0 Å². The van der Waals surface area contributed by atoms with Gasteiger partial charge in [0.2, 0.25) is 0 Å². The van der Waals surface area contributed by atoms with Gasteiger partial charge in [-0.05, 0) is 78.7 Å². The van der Waals surface area contributed by atoms with E-state index in [-0.39, 0.29) is 0 Å². The number of hydrogen-bond donors (Lipinski definition) is 1. The maximum Gasteiger partial charge on any atom is 0.416 e. The first-order valence-electron chi connectivity index (χ1n) is 8.21. The van der Waals surface area contributed by atoms with E-state index < -0.39 is 11.7 Å². The fraction of sp³-hybridized carbons (Fsp3) is 0.0952. The number of nitrogens with zero attached hydrogens (tertiary/aromatic N) is 1. The second-order valence-corrected chi connectivity index (χ2v) is 5.93. The van der Waals surface area contributed by atoms with Gasteiger partial charge >= 0.3 is 6.18 Å². The lowest BCUT2D eigenvalue weighted by atomic mass is 10.2. The molecule has 0 aliphatic carbocycles. The lowest BCUT2D eigenvalue weighted by Gasteiger charge is -2.07. The Balaban J connectivity index is 1.58. The molecular weight excluding hydrogens is 353 g/mol. The summed E-state index contributed by atoms with van der Waals surface area (Å²) in [5.74, 6) is 1.47. The minimum atomic E-state index is -4.34. The van der Waals surface area contributed by atoms with Crippen LogP contribution in [-0.4, -0.2) is 6.21 Å². The van der Waals surface area contributed by atoms with Crippen molar-refractivity contribution in [1.29, 1.82) is 0 Å². The average molecular weight is 370 g/mol. The number of hydrogen-bond acceptors (Lipinski definition) is 3. The Labute approximate surface area is 155 Å². The van der Waals surface area contributed by atoms with Gasteiger partial charge in [0.15, 0.2) is 0 Å². The number of anilines is 1. The van der Waals surface area contributed by atoms with E-state index in [9.17, 15) is 13.2 Å². The van der Waals surface area contributed by atoms with Crippen LogP contribution in [0.2, 0.25) is 0 Å². The van der Waals surface area contributed by atoms with E-state index in [1.165, 1.54) is 12.1 Å². The van der Waals surface area contributed by atoms with Crippen LogP contribution in [0, 0.1) is 6.92 Å². The highest BCUT2D eigenvalue weighted by Gasteiger charge is 2.29. The smallest absolute Gasteiger partial charge is 0.416 e. The zero-order valence-electron chi connectivity index (χ0n) is 14.5. The van der Waals surface area contributed by atoms with Crippen molar-refractivity contribution < 1.29 is 17.9 Å². The summed E-state index contributed by atoms with van der Waals surface area (Å²) in [6.45, 7) is 2.00. The summed E-state index contributed by atoms with van der Waals surface area (Å²) in [7, 11) is 0. The molecule has 138 valence electrons. The summed E-state index contributed by atoms with van der Waals surface area (Å²) >= 11 is 0. The number of rotatable bonds is 5. The fourth-order valence-electron chi connectivity index (χ4n) is 2.35. The van der Waals surface area contributed by atoms with Gasteiger partial charge in [-0.3, -0.25) is 5.43 Å². The highest BCUT2D eigenvalue weighted by atomic mass is 19.4. The Kier molecular flexibility index (Phi) is 5.45. The van der Waals surface area contributed by atoms with Crippen LogP contribution in [0.15, 0.2) is 77.9 Å². The van der Waals surface area contributed by atoms with E-state index in [4.69, 9.17) is 4.74 Å². The Morgan fingerprint density at radius 1 is 0.889 bits per heavy atom. The first-order valence-corrected chi connectivity index (χ1v) is 8.21. The van der Waals surface area contributed by atoms with Gasteiger partial charge in [0, 0.05) is 0 Å². The van der Waals surface area contributed by atoms with Crippen LogP contribution in [-0.2, 0) is 6.18 Å². The SMILES string of the molecule is Cc1cccc(Oc2ccc(C=NNc3ccc(C(F)(F)F)cc3)cc2)c1. The first-order chi connectivity index (χ1) is 12.9. The van der Waals surface area contributed by atoms with Crippen LogP contribution in [0.3, 0.4) is 0 Å². The normalized spacial score (nSPS) is 11.6. The molecule has 0 aliphatic heterocycles. The molecule has 0 unspecified atom stereocenters. The maximum absolute atomic E-state index is 12.5. The van der Waals surface area contributed by atoms with Crippen molar-refractivity contribution in [1.82, 2.24) is 0 Å². The molecule has 0 saturated heterocycles. The highest BCUT2D eigenvalue weighted by Crippen LogP contribution is 2.29. The predicted octanol–water partition coefficient (Wildman–Crippen LogP) is 6.25. The molecule has 0 atom stereocenters. The number of aryl methyl sites for hydroxylation is 1. The Bertz CT molecular complexity index is 917. The third-order valence-corrected chi connectivity index (χ3v) is 3.72. The number of benzene rings is 3. The summed E-state index contributed by atoms with van der Waals surface area (Å²) in [6, 6.07) is 19.8. The topological polar surface area (TPSA) is 33.6 Å². The van der Waals surface area contributed by atoms with Gasteiger partial charge in [0.1, 0.15) is 11.5 Å². The summed E-state index contributed by atoms with van der Waals surface area (Å²) < 4.78 is 43.3. The van der Waals surface area contributed by atoms with E-state index >= 15 is 0 Å². The highest BCUT2D eigenvalue weighted by molar-refractivity contribution is 5.80. The van der Waals surface area contributed by atoms with E-state index in [0.29, 0.717) is 11.4 Å². The number of halogens is 3. The first kappa shape index (κ1) is 18.5. The monoisotopic (exact) mass is 370 g/mol. The molecule has 6 heteroatoms. The Hall–Kier alpha value is -3.28. The molecule has 1 N–H and O–H groups in total. The van der Waals surface area contributed by atoms with Crippen LogP contribution in [0.4, 0.5) is 18.9 Å². The van der Waals surface area contributed by atoms with Crippen molar-refractivity contribution in [2.45, 2.75) is 13.1 Å². The van der Waals surface area contributed by atoms with Gasteiger partial charge < -0.3 is 4.74 Å². The van der Waals surface area contributed by atoms with Gasteiger partial charge in [-0.1, -0.05) is 12.1 Å². The molecule has 0 saturated carbocycles. The molecule has 0 spiro atoms. The van der Waals surface area contributed by atoms with Crippen molar-refractivity contribution in [3.05, 3.63) is 89.5 Å². The van der Waals surface area contributed by atoms with Gasteiger partial charge in [0.25, 0.3) is 0 Å². The fourth-order valence-corrected chi connectivity index (χ4v) is 2.35. The van der Waals surface area contributed by atoms with Crippen molar-refractivity contribution in [3.8, 4) is 11.5 Å². The largest absolute Gasteiger partial charge is 0.457 e. The van der Waals surface area contributed by atoms with Gasteiger partial charge in [0.05, 0.1) is 17.5 Å². The molecule has 0 aliphatic rings. The predicted molar refractivity (Wildman–Crippen MR) is 100 cm³/mol. The standard InChI is InChI=1S/C21H17F3N2O/c1-15-3-2-4-20(13-15)27-19-11-5-16(6-12-19)14-25-26-18-9-7-17(8-10-18)21(22,23)24/h2-14,26H,1H3. The summed E-state index contributed by atoms with van der Waals surface area (Å²) in [5.41, 5.74) is 4.42. The quantitative estimate of drug-likeness (QED) is 0.425. The van der Waals surface area contributed by atoms with E-state index in [2.05, 4.69) is 10.5 Å². The van der Waals surface area contributed by atoms with Gasteiger partial charge in [-0.2, -0.15) is 18.3 Å². The summed E-state index contributed by atoms with van der Waals surface area (Å²) in [6.07, 6.45) is -2.77. The lowest BCUT2D eigenvalue weighted by Crippen LogP contribution is -2.04. The molecule has 0 amide bonds. The number of alkyl halides is 3. The van der Waals surface area contributed by atoms with E-state index in [1.54, 1.807) is 6.21 Å². The van der Waals surface area contributed by atoms with Gasteiger partial charge in [-0.25, -0.2) is 0 Å². The van der Waals surface area contributed by atoms with Crippen LogP contribution < -0.4 is 10.2 Å². The number of hydrazone groups is 1. The lowest BCUT2D eigenvalue weighted by molar-refractivity contribution is -0.137. The van der Waals surface area contributed by atoms with Crippen molar-refractivity contribution >= 4 is 11.9 Å². The molecule has 3 rings (SSSR count). The van der Waals surface area contributed by atoms with Crippen LogP contribution in [0.1, 0.15) is 16.7 Å². The van der Waals surface area contributed by atoms with E-state index in [1.807, 2.05) is 55.5 Å². The average Bonchev–Trinajstić information content (AvgIpc) is 2.63. The maximum atomic E-state index is 12.5. The zero-order chi connectivity index (χ0) is 19.3. The van der Waals surface area contributed by atoms with E-state index in [0.717, 1.165) is 29.0 Å². The second-order valence-electron chi connectivity index (χ2n) is 5.93. The van der Waals surface area contributed by atoms with Crippen LogP contribution in [0.5, 0.6) is 11.5 Å². The molecule has 0 heterocycles. The third-order valence-electron chi connectivity index (χ3n) is 3.72. The summed E-state index contributed by atoms with van der Waals surface area (Å²) in [5, 5.41) is 4.03. The molecule has 0 aromatic heterocycles. The molecule has 27 heavy (non-hydrogen) atoms. The van der Waals surface area contributed by atoms with Gasteiger partial charge in [-0.15, -0.1) is 0 Å². The molecule has 3 nitrogen and oxygen atoms in total. The molecule has 0 fully saturated rings. The minimum absolute atomic E-state index is 0.471. The van der Waals surface area contributed by atoms with Crippen molar-refractivity contribution in [2.24, 2.45) is 5.10 Å². The minimum Gasteiger partial charge on any atom is -0.457 e. The number of nitrogens with one attached hydrogen (secondary N) is 1. The molecule has 3 aromatic carbocycles. The van der Waals surface area contributed by atoms with Crippen molar-refractivity contribution in [3.63, 3.8) is 0 Å². The molecule has 3 aromatic rings. The van der Waals surface area contributed by atoms with Crippen LogP contribution in [0.25, 0.3) is 0 Å². The molecule has 0 bridgehead atoms. The Morgan fingerprint density at radius 2 is 1.59 bits per heavy atom. The Morgan fingerprint density at radius 3 is 2.22 bits per heavy atom. The van der Waals surface area contributed by atoms with Crippen molar-refractivity contribution in [2.75, 3.05) is 5.43 Å². The second kappa shape index (κ2) is 7.95. The zero-order valence-corrected chi connectivity index (χ0v) is 14.5. The third kappa shape index (κ3) is 5.34. The molecule has 0 radical (unpaired) electrons.